The summed E-state index contributed by atoms with van der Waals surface area (Å²) < 4.78 is 0.930. The minimum Gasteiger partial charge on any atom is -0.355 e. The maximum atomic E-state index is 13.0. The van der Waals surface area contributed by atoms with Crippen molar-refractivity contribution >= 4 is 62.7 Å². The van der Waals surface area contributed by atoms with Gasteiger partial charge in [-0.2, -0.15) is 0 Å². The number of likely N-dealkylation sites (N-methyl/N-ethyl adjacent to an activating group) is 1. The number of hydrogen-bond donors (Lipinski definition) is 1. The first kappa shape index (κ1) is 24.1. The largest absolute Gasteiger partial charge is 0.355 e. The molecule has 0 aliphatic rings. The molecule has 0 unspecified atom stereocenters. The summed E-state index contributed by atoms with van der Waals surface area (Å²) in [6.07, 6.45) is 0. The third-order valence-corrected chi connectivity index (χ3v) is 6.30. The Hall–Kier alpha value is -1.21. The molecule has 8 heteroatoms. The summed E-state index contributed by atoms with van der Waals surface area (Å²) >= 11 is 17.0. The van der Waals surface area contributed by atoms with Gasteiger partial charge in [0.2, 0.25) is 11.8 Å². The molecule has 0 saturated heterocycles. The predicted molar refractivity (Wildman–Crippen MR) is 125 cm³/mol. The zero-order chi connectivity index (χ0) is 21.4. The lowest BCUT2D eigenvalue weighted by Crippen LogP contribution is -2.48. The number of carbonyl (C=O) groups is 2. The Bertz CT molecular complexity index is 866. The molecule has 29 heavy (non-hydrogen) atoms. The third kappa shape index (κ3) is 7.52. The molecule has 0 heterocycles. The van der Waals surface area contributed by atoms with Gasteiger partial charge in [0, 0.05) is 33.4 Å². The van der Waals surface area contributed by atoms with E-state index in [9.17, 15) is 9.59 Å². The Labute approximate surface area is 194 Å². The monoisotopic (exact) mass is 516 g/mol. The summed E-state index contributed by atoms with van der Waals surface area (Å²) in [5.41, 5.74) is 1.87. The van der Waals surface area contributed by atoms with Crippen molar-refractivity contribution in [1.29, 1.82) is 0 Å². The van der Waals surface area contributed by atoms with Crippen LogP contribution >= 0.6 is 50.9 Å². The van der Waals surface area contributed by atoms with Gasteiger partial charge in [0.25, 0.3) is 0 Å². The number of halogens is 3. The third-order valence-electron chi connectivity index (χ3n) is 4.26. The van der Waals surface area contributed by atoms with Crippen molar-refractivity contribution in [3.8, 4) is 0 Å². The van der Waals surface area contributed by atoms with Gasteiger partial charge in [-0.25, -0.2) is 0 Å². The fourth-order valence-electron chi connectivity index (χ4n) is 2.71. The zero-order valence-electron chi connectivity index (χ0n) is 16.3. The molecule has 0 spiro atoms. The van der Waals surface area contributed by atoms with Gasteiger partial charge < -0.3 is 10.2 Å². The van der Waals surface area contributed by atoms with Crippen molar-refractivity contribution in [1.82, 2.24) is 10.2 Å². The molecule has 0 radical (unpaired) electrons. The number of carbonyl (C=O) groups excluding carboxylic acids is 2. The van der Waals surface area contributed by atoms with Gasteiger partial charge in [-0.15, -0.1) is 11.8 Å². The topological polar surface area (TPSA) is 49.4 Å². The van der Waals surface area contributed by atoms with Crippen LogP contribution in [0.5, 0.6) is 0 Å². The van der Waals surface area contributed by atoms with Crippen LogP contribution in [0.1, 0.15) is 25.0 Å². The molecule has 0 aliphatic carbocycles. The van der Waals surface area contributed by atoms with Crippen molar-refractivity contribution in [3.05, 3.63) is 68.1 Å². The van der Waals surface area contributed by atoms with Crippen molar-refractivity contribution in [2.45, 2.75) is 32.2 Å². The summed E-state index contributed by atoms with van der Waals surface area (Å²) in [7, 11) is 0. The summed E-state index contributed by atoms with van der Waals surface area (Å²) in [6, 6.07) is 12.5. The molecule has 0 aromatic heterocycles. The number of rotatable bonds is 9. The Morgan fingerprint density at radius 2 is 1.97 bits per heavy atom. The first-order valence-corrected chi connectivity index (χ1v) is 11.9. The molecule has 1 atom stereocenters. The van der Waals surface area contributed by atoms with Crippen molar-refractivity contribution in [2.75, 3.05) is 12.3 Å². The number of amides is 2. The minimum atomic E-state index is -0.568. The maximum Gasteiger partial charge on any atom is 0.242 e. The molecule has 0 fully saturated rings. The van der Waals surface area contributed by atoms with Crippen molar-refractivity contribution in [3.63, 3.8) is 0 Å². The van der Waals surface area contributed by atoms with E-state index in [1.165, 1.54) is 11.8 Å². The van der Waals surface area contributed by atoms with Gasteiger partial charge in [0.1, 0.15) is 6.04 Å². The van der Waals surface area contributed by atoms with E-state index < -0.39 is 6.04 Å². The van der Waals surface area contributed by atoms with Gasteiger partial charge >= 0.3 is 0 Å². The van der Waals surface area contributed by atoms with Crippen molar-refractivity contribution in [2.24, 2.45) is 0 Å². The number of benzene rings is 2. The molecular formula is C21H23BrCl2N2O2S. The van der Waals surface area contributed by atoms with Crippen molar-refractivity contribution < 1.29 is 9.59 Å². The highest BCUT2D eigenvalue weighted by atomic mass is 79.9. The second-order valence-corrected chi connectivity index (χ2v) is 9.20. The van der Waals surface area contributed by atoms with Crippen LogP contribution in [0.4, 0.5) is 0 Å². The zero-order valence-corrected chi connectivity index (χ0v) is 20.2. The highest BCUT2D eigenvalue weighted by Gasteiger charge is 2.25. The standard InChI is InChI=1S/C21H23BrCl2N2O2S/c1-3-25-21(28)14(2)26(11-15-5-4-6-17(22)9-15)20(27)13-29-12-16-7-8-18(23)10-19(16)24/h4-10,14H,3,11-13H2,1-2H3,(H,25,28)/t14-/m0/s1. The quantitative estimate of drug-likeness (QED) is 0.474. The summed E-state index contributed by atoms with van der Waals surface area (Å²) in [4.78, 5) is 27.0. The minimum absolute atomic E-state index is 0.0983. The Morgan fingerprint density at radius 3 is 2.62 bits per heavy atom. The summed E-state index contributed by atoms with van der Waals surface area (Å²) in [5, 5.41) is 3.96. The van der Waals surface area contributed by atoms with Gasteiger partial charge in [-0.05, 0) is 49.2 Å². The second-order valence-electron chi connectivity index (χ2n) is 6.45. The molecular weight excluding hydrogens is 495 g/mol. The summed E-state index contributed by atoms with van der Waals surface area (Å²) in [5.74, 6) is 0.569. The molecule has 2 aromatic carbocycles. The smallest absolute Gasteiger partial charge is 0.242 e. The maximum absolute atomic E-state index is 13.0. The first-order valence-electron chi connectivity index (χ1n) is 9.15. The van der Waals surface area contributed by atoms with E-state index >= 15 is 0 Å². The average Bonchev–Trinajstić information content (AvgIpc) is 2.67. The van der Waals surface area contributed by atoms with E-state index in [4.69, 9.17) is 23.2 Å². The average molecular weight is 518 g/mol. The Kier molecular flexibility index (Phi) is 9.83. The van der Waals surface area contributed by atoms with Gasteiger partial charge in [0.05, 0.1) is 5.75 Å². The first-order chi connectivity index (χ1) is 13.8. The SMILES string of the molecule is CCNC(=O)[C@H](C)N(Cc1cccc(Br)c1)C(=O)CSCc1ccc(Cl)cc1Cl. The van der Waals surface area contributed by atoms with E-state index in [0.29, 0.717) is 28.9 Å². The van der Waals surface area contributed by atoms with Crippen LogP contribution in [0.25, 0.3) is 0 Å². The normalized spacial score (nSPS) is 11.8. The summed E-state index contributed by atoms with van der Waals surface area (Å²) in [6.45, 7) is 4.49. The van der Waals surface area contributed by atoms with Crippen LogP contribution < -0.4 is 5.32 Å². The number of nitrogens with one attached hydrogen (secondary N) is 1. The number of nitrogens with zero attached hydrogens (tertiary/aromatic N) is 1. The second kappa shape index (κ2) is 11.8. The number of thioether (sulfide) groups is 1. The molecule has 2 amide bonds. The molecule has 0 saturated carbocycles. The molecule has 2 aromatic rings. The van der Waals surface area contributed by atoms with Gasteiger partial charge in [-0.1, -0.05) is 57.3 Å². The lowest BCUT2D eigenvalue weighted by molar-refractivity contribution is -0.138. The van der Waals surface area contributed by atoms with E-state index in [0.717, 1.165) is 15.6 Å². The fourth-order valence-corrected chi connectivity index (χ4v) is 4.62. The van der Waals surface area contributed by atoms with E-state index in [2.05, 4.69) is 21.2 Å². The molecule has 0 bridgehead atoms. The van der Waals surface area contributed by atoms with Crippen LogP contribution in [0, 0.1) is 0 Å². The van der Waals surface area contributed by atoms with E-state index in [1.54, 1.807) is 24.0 Å². The molecule has 156 valence electrons. The lowest BCUT2D eigenvalue weighted by Gasteiger charge is -2.28. The van der Waals surface area contributed by atoms with E-state index in [1.807, 2.05) is 37.3 Å². The highest BCUT2D eigenvalue weighted by molar-refractivity contribution is 9.10. The molecule has 4 nitrogen and oxygen atoms in total. The van der Waals surface area contributed by atoms with Crippen LogP contribution in [0.15, 0.2) is 46.9 Å². The van der Waals surface area contributed by atoms with E-state index in [-0.39, 0.29) is 17.6 Å². The highest BCUT2D eigenvalue weighted by Crippen LogP contribution is 2.25. The van der Waals surface area contributed by atoms with Crippen LogP contribution in [0.2, 0.25) is 10.0 Å². The lowest BCUT2D eigenvalue weighted by atomic mass is 10.1. The fraction of sp³-hybridized carbons (Fsp3) is 0.333. The van der Waals surface area contributed by atoms with Crippen LogP contribution in [-0.2, 0) is 21.9 Å². The van der Waals surface area contributed by atoms with Gasteiger partial charge in [-0.3, -0.25) is 9.59 Å². The van der Waals surface area contributed by atoms with Crippen LogP contribution in [0.3, 0.4) is 0 Å². The predicted octanol–water partition coefficient (Wildman–Crippen LogP) is 5.54. The molecule has 0 aliphatic heterocycles. The molecule has 2 rings (SSSR count). The Balaban J connectivity index is 2.07. The number of hydrogen-bond acceptors (Lipinski definition) is 3. The van der Waals surface area contributed by atoms with Crippen LogP contribution in [-0.4, -0.2) is 35.1 Å². The molecule has 1 N–H and O–H groups in total. The van der Waals surface area contributed by atoms with Gasteiger partial charge in [0.15, 0.2) is 0 Å². The Morgan fingerprint density at radius 1 is 1.21 bits per heavy atom.